The maximum atomic E-state index is 13.5. The van der Waals surface area contributed by atoms with Gasteiger partial charge >= 0.3 is 12.1 Å². The first-order valence-electron chi connectivity index (χ1n) is 8.12. The average molecular weight is 407 g/mol. The standard InChI is InChI=1S/C18H16ClFN4O4/c1-27-12-5-2-10(3-6-12)8-15(16-23-18(26)28-24-16)22-17(25)21-11-4-7-13(19)14(20)9-11/h2-7,9,15H,8H2,1H3,(H2,21,22,25)(H,23,24,26). The number of aromatic hydroxyl groups is 1. The predicted octanol–water partition coefficient (Wildman–Crippen LogP) is 3.68. The zero-order valence-corrected chi connectivity index (χ0v) is 15.4. The van der Waals surface area contributed by atoms with E-state index in [1.807, 2.05) is 12.1 Å². The second-order valence-corrected chi connectivity index (χ2v) is 6.17. The Balaban J connectivity index is 1.74. The highest BCUT2D eigenvalue weighted by molar-refractivity contribution is 6.30. The highest BCUT2D eigenvalue weighted by Gasteiger charge is 2.21. The molecule has 0 fully saturated rings. The molecule has 2 aromatic carbocycles. The summed E-state index contributed by atoms with van der Waals surface area (Å²) in [4.78, 5) is 16.1. The van der Waals surface area contributed by atoms with Crippen LogP contribution in [0.15, 0.2) is 47.0 Å². The van der Waals surface area contributed by atoms with E-state index >= 15 is 0 Å². The maximum absolute atomic E-state index is 13.5. The number of ether oxygens (including phenoxy) is 1. The summed E-state index contributed by atoms with van der Waals surface area (Å²) in [5.74, 6) is 0.121. The van der Waals surface area contributed by atoms with Gasteiger partial charge in [-0.2, -0.15) is 4.98 Å². The van der Waals surface area contributed by atoms with Crippen molar-refractivity contribution in [1.29, 1.82) is 0 Å². The smallest absolute Gasteiger partial charge is 0.414 e. The molecule has 1 unspecified atom stereocenters. The fourth-order valence-electron chi connectivity index (χ4n) is 2.47. The van der Waals surface area contributed by atoms with Gasteiger partial charge in [-0.15, -0.1) is 0 Å². The molecule has 0 spiro atoms. The molecule has 1 aromatic heterocycles. The van der Waals surface area contributed by atoms with Crippen molar-refractivity contribution in [3.05, 3.63) is 64.7 Å². The van der Waals surface area contributed by atoms with E-state index in [-0.39, 0.29) is 16.5 Å². The number of nitrogens with zero attached hydrogens (tertiary/aromatic N) is 2. The highest BCUT2D eigenvalue weighted by Crippen LogP contribution is 2.21. The van der Waals surface area contributed by atoms with Crippen molar-refractivity contribution < 1.29 is 23.6 Å². The zero-order valence-electron chi connectivity index (χ0n) is 14.6. The summed E-state index contributed by atoms with van der Waals surface area (Å²) in [6, 6.07) is 9.75. The number of carbonyl (C=O) groups is 1. The maximum Gasteiger partial charge on any atom is 0.414 e. The predicted molar refractivity (Wildman–Crippen MR) is 99.0 cm³/mol. The minimum atomic E-state index is -0.713. The first-order valence-corrected chi connectivity index (χ1v) is 8.50. The van der Waals surface area contributed by atoms with Crippen LogP contribution in [0, 0.1) is 5.82 Å². The van der Waals surface area contributed by atoms with Crippen LogP contribution in [-0.2, 0) is 6.42 Å². The number of urea groups is 1. The number of hydrogen-bond donors (Lipinski definition) is 3. The van der Waals surface area contributed by atoms with Crippen LogP contribution >= 0.6 is 11.6 Å². The summed E-state index contributed by atoms with van der Waals surface area (Å²) >= 11 is 5.63. The Morgan fingerprint density at radius 3 is 2.68 bits per heavy atom. The quantitative estimate of drug-likeness (QED) is 0.576. The topological polar surface area (TPSA) is 110 Å². The van der Waals surface area contributed by atoms with Crippen LogP contribution in [0.25, 0.3) is 0 Å². The van der Waals surface area contributed by atoms with Gasteiger partial charge in [-0.25, -0.2) is 9.18 Å². The lowest BCUT2D eigenvalue weighted by molar-refractivity contribution is 0.247. The summed E-state index contributed by atoms with van der Waals surface area (Å²) in [5.41, 5.74) is 1.08. The van der Waals surface area contributed by atoms with Gasteiger partial charge in [-0.3, -0.25) is 4.52 Å². The van der Waals surface area contributed by atoms with Crippen LogP contribution in [0.5, 0.6) is 11.8 Å². The molecule has 0 radical (unpaired) electrons. The van der Waals surface area contributed by atoms with Crippen molar-refractivity contribution in [3.63, 3.8) is 0 Å². The van der Waals surface area contributed by atoms with Crippen molar-refractivity contribution in [3.8, 4) is 11.8 Å². The first kappa shape index (κ1) is 19.4. The summed E-state index contributed by atoms with van der Waals surface area (Å²) in [5, 5.41) is 18.1. The van der Waals surface area contributed by atoms with E-state index < -0.39 is 24.0 Å². The second-order valence-electron chi connectivity index (χ2n) is 5.77. The molecular weight excluding hydrogens is 391 g/mol. The van der Waals surface area contributed by atoms with E-state index in [9.17, 15) is 14.3 Å². The molecule has 8 nitrogen and oxygen atoms in total. The lowest BCUT2D eigenvalue weighted by Gasteiger charge is -2.16. The number of halogens is 2. The molecule has 1 heterocycles. The van der Waals surface area contributed by atoms with Crippen LogP contribution < -0.4 is 15.4 Å². The van der Waals surface area contributed by atoms with E-state index in [0.717, 1.165) is 11.6 Å². The SMILES string of the molecule is COc1ccc(CC(NC(=O)Nc2ccc(Cl)c(F)c2)c2noc(O)n2)cc1. The number of anilines is 1. The Bertz CT molecular complexity index is 964. The summed E-state index contributed by atoms with van der Waals surface area (Å²) in [6.45, 7) is 0. The Morgan fingerprint density at radius 2 is 2.07 bits per heavy atom. The van der Waals surface area contributed by atoms with Crippen LogP contribution in [0.1, 0.15) is 17.4 Å². The Kier molecular flexibility index (Phi) is 5.95. The van der Waals surface area contributed by atoms with E-state index in [4.69, 9.17) is 16.3 Å². The van der Waals surface area contributed by atoms with Gasteiger partial charge in [0.1, 0.15) is 11.6 Å². The van der Waals surface area contributed by atoms with E-state index in [2.05, 4.69) is 25.3 Å². The number of benzene rings is 2. The van der Waals surface area contributed by atoms with Crippen LogP contribution in [0.2, 0.25) is 5.02 Å². The molecule has 3 rings (SSSR count). The monoisotopic (exact) mass is 406 g/mol. The van der Waals surface area contributed by atoms with Gasteiger partial charge < -0.3 is 20.5 Å². The Labute approximate surface area is 164 Å². The zero-order chi connectivity index (χ0) is 20.1. The van der Waals surface area contributed by atoms with Crippen molar-refractivity contribution in [2.75, 3.05) is 12.4 Å². The normalized spacial score (nSPS) is 11.7. The molecule has 0 saturated heterocycles. The molecule has 146 valence electrons. The highest BCUT2D eigenvalue weighted by atomic mass is 35.5. The number of nitrogens with one attached hydrogen (secondary N) is 2. The second kappa shape index (κ2) is 8.57. The number of hydrogen-bond acceptors (Lipinski definition) is 6. The van der Waals surface area contributed by atoms with Gasteiger partial charge in [0.15, 0.2) is 5.82 Å². The lowest BCUT2D eigenvalue weighted by Crippen LogP contribution is -2.34. The summed E-state index contributed by atoms with van der Waals surface area (Å²) in [7, 11) is 1.56. The average Bonchev–Trinajstić information content (AvgIpc) is 3.11. The number of rotatable bonds is 6. The van der Waals surface area contributed by atoms with Crippen LogP contribution in [0.4, 0.5) is 14.9 Å². The Morgan fingerprint density at radius 1 is 1.32 bits per heavy atom. The third-order valence-electron chi connectivity index (χ3n) is 3.82. The molecular formula is C18H16ClFN4O4. The lowest BCUT2D eigenvalue weighted by atomic mass is 10.1. The van der Waals surface area contributed by atoms with Crippen molar-refractivity contribution in [2.24, 2.45) is 0 Å². The van der Waals surface area contributed by atoms with E-state index in [0.29, 0.717) is 12.2 Å². The van der Waals surface area contributed by atoms with Crippen molar-refractivity contribution >= 4 is 23.3 Å². The summed E-state index contributed by atoms with van der Waals surface area (Å²) in [6.07, 6.45) is -0.303. The molecule has 0 aliphatic carbocycles. The van der Waals surface area contributed by atoms with E-state index in [1.54, 1.807) is 19.2 Å². The molecule has 1 atom stereocenters. The van der Waals surface area contributed by atoms with E-state index in [1.165, 1.54) is 12.1 Å². The molecule has 3 N–H and O–H groups in total. The fourth-order valence-corrected chi connectivity index (χ4v) is 2.59. The molecule has 0 aliphatic rings. The summed E-state index contributed by atoms with van der Waals surface area (Å²) < 4.78 is 23.2. The molecule has 3 aromatic rings. The largest absolute Gasteiger partial charge is 0.497 e. The van der Waals surface area contributed by atoms with Gasteiger partial charge in [0, 0.05) is 12.1 Å². The minimum absolute atomic E-state index is 0.0504. The molecule has 0 bridgehead atoms. The number of methoxy groups -OCH3 is 1. The molecule has 2 amide bonds. The van der Waals surface area contributed by atoms with Crippen LogP contribution in [0.3, 0.4) is 0 Å². The number of carbonyl (C=O) groups excluding carboxylic acids is 1. The fraction of sp³-hybridized carbons (Fsp3) is 0.167. The third-order valence-corrected chi connectivity index (χ3v) is 4.13. The van der Waals surface area contributed by atoms with Gasteiger partial charge in [0.05, 0.1) is 18.2 Å². The first-order chi connectivity index (χ1) is 13.4. The number of aromatic nitrogens is 2. The molecule has 28 heavy (non-hydrogen) atoms. The molecule has 0 aliphatic heterocycles. The molecule has 10 heteroatoms. The van der Waals surface area contributed by atoms with Crippen molar-refractivity contribution in [1.82, 2.24) is 15.5 Å². The van der Waals surface area contributed by atoms with Crippen LogP contribution in [-0.4, -0.2) is 28.4 Å². The Hall–Kier alpha value is -3.33. The van der Waals surface area contributed by atoms with Crippen molar-refractivity contribution in [2.45, 2.75) is 12.5 Å². The van der Waals surface area contributed by atoms with Gasteiger partial charge in [-0.1, -0.05) is 28.9 Å². The van der Waals surface area contributed by atoms with Gasteiger partial charge in [0.2, 0.25) is 0 Å². The third kappa shape index (κ3) is 4.89. The number of amides is 2. The molecule has 0 saturated carbocycles. The minimum Gasteiger partial charge on any atom is -0.497 e. The van der Waals surface area contributed by atoms with Gasteiger partial charge in [0.25, 0.3) is 0 Å². The van der Waals surface area contributed by atoms with Gasteiger partial charge in [-0.05, 0) is 35.9 Å².